The van der Waals surface area contributed by atoms with Gasteiger partial charge >= 0.3 is 0 Å². The van der Waals surface area contributed by atoms with Crippen LogP contribution in [0.25, 0.3) is 0 Å². The number of carbonyl (C=O) groups excluding carboxylic acids is 2. The van der Waals surface area contributed by atoms with Gasteiger partial charge in [0.05, 0.1) is 26.5 Å². The standard InChI is InChI=1S/C20H25N3O4/c1-4-10-21-20(25)14-6-5-7-15(11-14)22-13-19(24)23-17-12-16(26-2)8-9-18(17)27-3/h5-9,11-12,22H,4,10,13H2,1-3H3,(H,21,25)(H,23,24). The fourth-order valence-electron chi connectivity index (χ4n) is 2.40. The quantitative estimate of drug-likeness (QED) is 0.631. The minimum atomic E-state index is -0.248. The van der Waals surface area contributed by atoms with Crippen molar-refractivity contribution in [2.45, 2.75) is 13.3 Å². The molecule has 0 saturated heterocycles. The van der Waals surface area contributed by atoms with E-state index in [2.05, 4.69) is 16.0 Å². The van der Waals surface area contributed by atoms with Crippen LogP contribution in [0.4, 0.5) is 11.4 Å². The number of hydrogen-bond acceptors (Lipinski definition) is 5. The summed E-state index contributed by atoms with van der Waals surface area (Å²) in [6.45, 7) is 2.66. The highest BCUT2D eigenvalue weighted by Crippen LogP contribution is 2.28. The second-order valence-electron chi connectivity index (χ2n) is 5.80. The van der Waals surface area contributed by atoms with Crippen molar-refractivity contribution in [2.24, 2.45) is 0 Å². The molecule has 144 valence electrons. The normalized spacial score (nSPS) is 10.0. The van der Waals surface area contributed by atoms with Crippen LogP contribution < -0.4 is 25.4 Å². The van der Waals surface area contributed by atoms with Gasteiger partial charge in [0.2, 0.25) is 5.91 Å². The molecule has 7 heteroatoms. The van der Waals surface area contributed by atoms with Crippen LogP contribution in [0.15, 0.2) is 42.5 Å². The summed E-state index contributed by atoms with van der Waals surface area (Å²) in [4.78, 5) is 24.3. The van der Waals surface area contributed by atoms with E-state index in [0.717, 1.165) is 6.42 Å². The Morgan fingerprint density at radius 1 is 1.04 bits per heavy atom. The number of amides is 2. The van der Waals surface area contributed by atoms with Crippen LogP contribution in [0.1, 0.15) is 23.7 Å². The first-order chi connectivity index (χ1) is 13.1. The van der Waals surface area contributed by atoms with Gasteiger partial charge in [-0.15, -0.1) is 0 Å². The number of benzene rings is 2. The summed E-state index contributed by atoms with van der Waals surface area (Å²) in [6.07, 6.45) is 0.873. The summed E-state index contributed by atoms with van der Waals surface area (Å²) >= 11 is 0. The molecule has 2 rings (SSSR count). The van der Waals surface area contributed by atoms with Gasteiger partial charge in [0.1, 0.15) is 11.5 Å². The number of carbonyl (C=O) groups is 2. The summed E-state index contributed by atoms with van der Waals surface area (Å²) < 4.78 is 10.4. The summed E-state index contributed by atoms with van der Waals surface area (Å²) in [6, 6.07) is 12.2. The Balaban J connectivity index is 1.97. The first kappa shape index (κ1) is 20.1. The predicted molar refractivity (Wildman–Crippen MR) is 106 cm³/mol. The van der Waals surface area contributed by atoms with Crippen molar-refractivity contribution in [3.63, 3.8) is 0 Å². The van der Waals surface area contributed by atoms with Crippen molar-refractivity contribution in [1.82, 2.24) is 5.32 Å². The number of methoxy groups -OCH3 is 2. The third-order valence-corrected chi connectivity index (χ3v) is 3.79. The van der Waals surface area contributed by atoms with Crippen LogP contribution in [0.3, 0.4) is 0 Å². The van der Waals surface area contributed by atoms with Crippen LogP contribution in [-0.2, 0) is 4.79 Å². The minimum Gasteiger partial charge on any atom is -0.497 e. The zero-order valence-corrected chi connectivity index (χ0v) is 15.8. The minimum absolute atomic E-state index is 0.0421. The molecule has 0 bridgehead atoms. The van der Waals surface area contributed by atoms with Crippen LogP contribution in [0, 0.1) is 0 Å². The highest BCUT2D eigenvalue weighted by molar-refractivity contribution is 5.96. The lowest BCUT2D eigenvalue weighted by molar-refractivity contribution is -0.114. The second kappa shape index (κ2) is 10.1. The third-order valence-electron chi connectivity index (χ3n) is 3.79. The first-order valence-electron chi connectivity index (χ1n) is 8.71. The Kier molecular flexibility index (Phi) is 7.49. The van der Waals surface area contributed by atoms with E-state index in [1.807, 2.05) is 6.92 Å². The Morgan fingerprint density at radius 3 is 2.56 bits per heavy atom. The highest BCUT2D eigenvalue weighted by Gasteiger charge is 2.10. The predicted octanol–water partition coefficient (Wildman–Crippen LogP) is 2.89. The molecule has 0 aliphatic rings. The van der Waals surface area contributed by atoms with Gasteiger partial charge < -0.3 is 25.4 Å². The fraction of sp³-hybridized carbons (Fsp3) is 0.300. The topological polar surface area (TPSA) is 88.7 Å². The zero-order valence-electron chi connectivity index (χ0n) is 15.8. The van der Waals surface area contributed by atoms with Gasteiger partial charge in [-0.2, -0.15) is 0 Å². The molecule has 7 nitrogen and oxygen atoms in total. The van der Waals surface area contributed by atoms with Crippen LogP contribution in [0.5, 0.6) is 11.5 Å². The van der Waals surface area contributed by atoms with Gasteiger partial charge in [-0.3, -0.25) is 9.59 Å². The fourth-order valence-corrected chi connectivity index (χ4v) is 2.40. The van der Waals surface area contributed by atoms with Gasteiger partial charge in [0.25, 0.3) is 5.91 Å². The molecular formula is C20H25N3O4. The van der Waals surface area contributed by atoms with Crippen molar-refractivity contribution < 1.29 is 19.1 Å². The second-order valence-corrected chi connectivity index (χ2v) is 5.80. The third kappa shape index (κ3) is 5.91. The monoisotopic (exact) mass is 371 g/mol. The molecule has 0 heterocycles. The van der Waals surface area contributed by atoms with Gasteiger partial charge in [-0.25, -0.2) is 0 Å². The average molecular weight is 371 g/mol. The molecule has 2 aromatic carbocycles. The lowest BCUT2D eigenvalue weighted by atomic mass is 10.2. The summed E-state index contributed by atoms with van der Waals surface area (Å²) in [5.41, 5.74) is 1.76. The Hall–Kier alpha value is -3.22. The molecule has 2 aromatic rings. The molecule has 0 fully saturated rings. The average Bonchev–Trinajstić information content (AvgIpc) is 2.70. The lowest BCUT2D eigenvalue weighted by Crippen LogP contribution is -2.24. The molecule has 0 aromatic heterocycles. The zero-order chi connectivity index (χ0) is 19.6. The van der Waals surface area contributed by atoms with E-state index in [1.54, 1.807) is 49.6 Å². The van der Waals surface area contributed by atoms with Gasteiger partial charge in [0, 0.05) is 23.9 Å². The maximum absolute atomic E-state index is 12.3. The summed E-state index contributed by atoms with van der Waals surface area (Å²) in [5.74, 6) is 0.775. The van der Waals surface area contributed by atoms with E-state index in [0.29, 0.717) is 35.0 Å². The van der Waals surface area contributed by atoms with E-state index in [1.165, 1.54) is 7.11 Å². The van der Waals surface area contributed by atoms with Crippen molar-refractivity contribution in [3.8, 4) is 11.5 Å². The lowest BCUT2D eigenvalue weighted by Gasteiger charge is -2.13. The molecule has 3 N–H and O–H groups in total. The number of rotatable bonds is 9. The number of ether oxygens (including phenoxy) is 2. The molecular weight excluding hydrogens is 346 g/mol. The molecule has 0 spiro atoms. The van der Waals surface area contributed by atoms with Crippen LogP contribution in [-0.4, -0.2) is 39.1 Å². The SMILES string of the molecule is CCCNC(=O)c1cccc(NCC(=O)Nc2cc(OC)ccc2OC)c1. The Bertz CT molecular complexity index is 793. The van der Waals surface area contributed by atoms with Gasteiger partial charge in [-0.05, 0) is 36.8 Å². The molecule has 0 atom stereocenters. The molecule has 2 amide bonds. The molecule has 0 radical (unpaired) electrons. The largest absolute Gasteiger partial charge is 0.497 e. The van der Waals surface area contributed by atoms with Gasteiger partial charge in [0.15, 0.2) is 0 Å². The Morgan fingerprint density at radius 2 is 1.85 bits per heavy atom. The number of nitrogens with one attached hydrogen (secondary N) is 3. The first-order valence-corrected chi connectivity index (χ1v) is 8.71. The highest BCUT2D eigenvalue weighted by atomic mass is 16.5. The van der Waals surface area contributed by atoms with Crippen molar-refractivity contribution in [1.29, 1.82) is 0 Å². The Labute approximate surface area is 159 Å². The van der Waals surface area contributed by atoms with Crippen LogP contribution in [0.2, 0.25) is 0 Å². The molecule has 0 aliphatic carbocycles. The van der Waals surface area contributed by atoms with Crippen LogP contribution >= 0.6 is 0 Å². The van der Waals surface area contributed by atoms with E-state index in [4.69, 9.17) is 9.47 Å². The van der Waals surface area contributed by atoms with E-state index >= 15 is 0 Å². The molecule has 0 saturated carbocycles. The van der Waals surface area contributed by atoms with Crippen molar-refractivity contribution >= 4 is 23.2 Å². The maximum atomic E-state index is 12.3. The molecule has 0 unspecified atom stereocenters. The summed E-state index contributed by atoms with van der Waals surface area (Å²) in [5, 5.41) is 8.63. The smallest absolute Gasteiger partial charge is 0.251 e. The van der Waals surface area contributed by atoms with Crippen molar-refractivity contribution in [3.05, 3.63) is 48.0 Å². The van der Waals surface area contributed by atoms with Gasteiger partial charge in [-0.1, -0.05) is 13.0 Å². The van der Waals surface area contributed by atoms with E-state index in [9.17, 15) is 9.59 Å². The maximum Gasteiger partial charge on any atom is 0.251 e. The van der Waals surface area contributed by atoms with E-state index in [-0.39, 0.29) is 18.4 Å². The molecule has 27 heavy (non-hydrogen) atoms. The van der Waals surface area contributed by atoms with E-state index < -0.39 is 0 Å². The number of hydrogen-bond donors (Lipinski definition) is 3. The van der Waals surface area contributed by atoms with Crippen molar-refractivity contribution in [2.75, 3.05) is 37.9 Å². The molecule has 0 aliphatic heterocycles. The number of anilines is 2. The summed E-state index contributed by atoms with van der Waals surface area (Å²) in [7, 11) is 3.09.